The maximum Gasteiger partial charge on any atom is 0.265 e. The first-order chi connectivity index (χ1) is 11.0. The van der Waals surface area contributed by atoms with Crippen LogP contribution >= 0.6 is 22.9 Å². The highest BCUT2D eigenvalue weighted by Crippen LogP contribution is 2.33. The molecule has 2 aromatic carbocycles. The van der Waals surface area contributed by atoms with Crippen molar-refractivity contribution in [3.8, 4) is 16.2 Å². The summed E-state index contributed by atoms with van der Waals surface area (Å²) < 4.78 is 0. The summed E-state index contributed by atoms with van der Waals surface area (Å²) in [4.78, 5) is 13.9. The number of benzene rings is 2. The van der Waals surface area contributed by atoms with E-state index in [-0.39, 0.29) is 11.7 Å². The molecule has 0 fully saturated rings. The molecule has 0 atom stereocenters. The summed E-state index contributed by atoms with van der Waals surface area (Å²) in [6, 6.07) is 16.3. The average molecular weight is 344 g/mol. The Morgan fingerprint density at radius 1 is 1.13 bits per heavy atom. The van der Waals surface area contributed by atoms with Crippen LogP contribution in [0.25, 0.3) is 10.4 Å². The van der Waals surface area contributed by atoms with Crippen LogP contribution in [0.5, 0.6) is 5.75 Å². The molecule has 2 N–H and O–H groups in total. The molecule has 0 aliphatic rings. The molecule has 0 saturated carbocycles. The number of rotatable bonds is 3. The van der Waals surface area contributed by atoms with Crippen molar-refractivity contribution < 1.29 is 9.90 Å². The lowest BCUT2D eigenvalue weighted by Crippen LogP contribution is -2.09. The first-order valence-corrected chi connectivity index (χ1v) is 8.19. The topological polar surface area (TPSA) is 49.3 Å². The molecule has 5 heteroatoms. The van der Waals surface area contributed by atoms with Crippen molar-refractivity contribution in [3.05, 3.63) is 70.1 Å². The number of nitrogens with one attached hydrogen (secondary N) is 1. The summed E-state index contributed by atoms with van der Waals surface area (Å²) in [6.07, 6.45) is 0. The highest BCUT2D eigenvalue weighted by molar-refractivity contribution is 7.17. The van der Waals surface area contributed by atoms with Gasteiger partial charge in [-0.15, -0.1) is 11.3 Å². The second-order valence-corrected chi connectivity index (χ2v) is 6.64. The zero-order valence-corrected chi connectivity index (χ0v) is 13.9. The number of hydrogen-bond acceptors (Lipinski definition) is 3. The van der Waals surface area contributed by atoms with E-state index < -0.39 is 0 Å². The van der Waals surface area contributed by atoms with Crippen LogP contribution in [-0.4, -0.2) is 11.0 Å². The monoisotopic (exact) mass is 343 g/mol. The molecule has 0 saturated heterocycles. The Balaban J connectivity index is 1.81. The molecule has 0 aliphatic carbocycles. The van der Waals surface area contributed by atoms with Gasteiger partial charge in [0, 0.05) is 10.6 Å². The Hall–Kier alpha value is -2.30. The standard InChI is InChI=1S/C18H14ClNO2S/c1-11-3-2-4-13(9-11)20-18(22)17-8-7-16(23-17)12-5-6-15(21)14(19)10-12/h2-10,21H,1H3,(H,20,22). The van der Waals surface area contributed by atoms with Crippen LogP contribution in [0.4, 0.5) is 5.69 Å². The van der Waals surface area contributed by atoms with E-state index in [9.17, 15) is 9.90 Å². The highest BCUT2D eigenvalue weighted by atomic mass is 35.5. The number of thiophene rings is 1. The van der Waals surface area contributed by atoms with Crippen LogP contribution in [-0.2, 0) is 0 Å². The molecule has 0 aliphatic heterocycles. The second-order valence-electron chi connectivity index (χ2n) is 5.15. The summed E-state index contributed by atoms with van der Waals surface area (Å²) in [6.45, 7) is 1.98. The number of carbonyl (C=O) groups is 1. The van der Waals surface area contributed by atoms with E-state index in [1.807, 2.05) is 37.3 Å². The Morgan fingerprint density at radius 2 is 1.96 bits per heavy atom. The lowest BCUT2D eigenvalue weighted by molar-refractivity contribution is 0.103. The van der Waals surface area contributed by atoms with E-state index in [1.54, 1.807) is 24.3 Å². The summed E-state index contributed by atoms with van der Waals surface area (Å²) in [5.74, 6) is -0.0962. The van der Waals surface area contributed by atoms with Gasteiger partial charge in [-0.2, -0.15) is 0 Å². The SMILES string of the molecule is Cc1cccc(NC(=O)c2ccc(-c3ccc(O)c(Cl)c3)s2)c1. The van der Waals surface area contributed by atoms with Crippen molar-refractivity contribution in [2.24, 2.45) is 0 Å². The molecule has 23 heavy (non-hydrogen) atoms. The van der Waals surface area contributed by atoms with Gasteiger partial charge in [0.1, 0.15) is 5.75 Å². The minimum Gasteiger partial charge on any atom is -0.506 e. The van der Waals surface area contributed by atoms with Gasteiger partial charge in [-0.1, -0.05) is 23.7 Å². The van der Waals surface area contributed by atoms with Crippen LogP contribution in [0, 0.1) is 6.92 Å². The van der Waals surface area contributed by atoms with Gasteiger partial charge < -0.3 is 10.4 Å². The highest BCUT2D eigenvalue weighted by Gasteiger charge is 2.11. The van der Waals surface area contributed by atoms with Crippen molar-refractivity contribution in [2.45, 2.75) is 6.92 Å². The van der Waals surface area contributed by atoms with Crippen molar-refractivity contribution in [1.82, 2.24) is 0 Å². The van der Waals surface area contributed by atoms with Crippen molar-refractivity contribution in [2.75, 3.05) is 5.32 Å². The number of aryl methyl sites for hydroxylation is 1. The van der Waals surface area contributed by atoms with Gasteiger partial charge in [0.15, 0.2) is 0 Å². The lowest BCUT2D eigenvalue weighted by atomic mass is 10.2. The first kappa shape index (κ1) is 15.6. The molecule has 3 rings (SSSR count). The van der Waals surface area contributed by atoms with Crippen LogP contribution in [0.1, 0.15) is 15.2 Å². The molecule has 0 bridgehead atoms. The third-order valence-electron chi connectivity index (χ3n) is 3.34. The summed E-state index contributed by atoms with van der Waals surface area (Å²) in [5.41, 5.74) is 2.73. The first-order valence-electron chi connectivity index (χ1n) is 7.00. The van der Waals surface area contributed by atoms with Gasteiger partial charge in [0.25, 0.3) is 5.91 Å². The fourth-order valence-corrected chi connectivity index (χ4v) is 3.27. The van der Waals surface area contributed by atoms with E-state index in [4.69, 9.17) is 11.6 Å². The molecular weight excluding hydrogens is 330 g/mol. The molecule has 3 nitrogen and oxygen atoms in total. The number of aromatic hydroxyl groups is 1. The van der Waals surface area contributed by atoms with Crippen molar-refractivity contribution >= 4 is 34.5 Å². The summed E-state index contributed by atoms with van der Waals surface area (Å²) in [7, 11) is 0. The normalized spacial score (nSPS) is 10.5. The van der Waals surface area contributed by atoms with Gasteiger partial charge in [-0.05, 0) is 60.5 Å². The van der Waals surface area contributed by atoms with E-state index in [1.165, 1.54) is 11.3 Å². The number of amides is 1. The maximum absolute atomic E-state index is 12.3. The van der Waals surface area contributed by atoms with Crippen molar-refractivity contribution in [1.29, 1.82) is 0 Å². The van der Waals surface area contributed by atoms with Gasteiger partial charge in [-0.3, -0.25) is 4.79 Å². The van der Waals surface area contributed by atoms with Gasteiger partial charge in [-0.25, -0.2) is 0 Å². The van der Waals surface area contributed by atoms with E-state index in [2.05, 4.69) is 5.32 Å². The number of carbonyl (C=O) groups excluding carboxylic acids is 1. The van der Waals surface area contributed by atoms with Crippen LogP contribution in [0.2, 0.25) is 5.02 Å². The van der Waals surface area contributed by atoms with E-state index in [0.29, 0.717) is 9.90 Å². The third kappa shape index (κ3) is 3.55. The third-order valence-corrected chi connectivity index (χ3v) is 4.77. The molecule has 0 radical (unpaired) electrons. The molecule has 116 valence electrons. The number of hydrogen-bond donors (Lipinski definition) is 2. The lowest BCUT2D eigenvalue weighted by Gasteiger charge is -2.04. The van der Waals surface area contributed by atoms with Gasteiger partial charge >= 0.3 is 0 Å². The predicted octanol–water partition coefficient (Wildman–Crippen LogP) is 5.33. The fourth-order valence-electron chi connectivity index (χ4n) is 2.19. The average Bonchev–Trinajstić information content (AvgIpc) is 3.00. The Morgan fingerprint density at radius 3 is 2.70 bits per heavy atom. The molecule has 1 amide bonds. The predicted molar refractivity (Wildman–Crippen MR) is 95.6 cm³/mol. The molecule has 0 unspecified atom stereocenters. The fraction of sp³-hybridized carbons (Fsp3) is 0.0556. The van der Waals surface area contributed by atoms with E-state index >= 15 is 0 Å². The summed E-state index contributed by atoms with van der Waals surface area (Å²) in [5, 5.41) is 12.7. The molecule has 0 spiro atoms. The van der Waals surface area contributed by atoms with Crippen molar-refractivity contribution in [3.63, 3.8) is 0 Å². The Labute approximate surface area is 143 Å². The molecule has 3 aromatic rings. The van der Waals surface area contributed by atoms with Gasteiger partial charge in [0.05, 0.1) is 9.90 Å². The Kier molecular flexibility index (Phi) is 4.37. The molecular formula is C18H14ClNO2S. The number of phenolic OH excluding ortho intramolecular Hbond substituents is 1. The zero-order valence-electron chi connectivity index (χ0n) is 12.3. The maximum atomic E-state index is 12.3. The quantitative estimate of drug-likeness (QED) is 0.674. The Bertz CT molecular complexity index is 873. The molecule has 1 heterocycles. The largest absolute Gasteiger partial charge is 0.506 e. The summed E-state index contributed by atoms with van der Waals surface area (Å²) >= 11 is 7.31. The van der Waals surface area contributed by atoms with Crippen LogP contribution in [0.15, 0.2) is 54.6 Å². The van der Waals surface area contributed by atoms with Gasteiger partial charge in [0.2, 0.25) is 0 Å². The minimum absolute atomic E-state index is 0.0457. The smallest absolute Gasteiger partial charge is 0.265 e. The second kappa shape index (κ2) is 6.44. The number of halogens is 1. The molecule has 1 aromatic heterocycles. The minimum atomic E-state index is -0.142. The van der Waals surface area contributed by atoms with Crippen LogP contribution in [0.3, 0.4) is 0 Å². The zero-order chi connectivity index (χ0) is 16.4. The van der Waals surface area contributed by atoms with Crippen LogP contribution < -0.4 is 5.32 Å². The van der Waals surface area contributed by atoms with E-state index in [0.717, 1.165) is 21.7 Å². The number of phenols is 1. The number of anilines is 1.